The molecule has 4 nitrogen and oxygen atoms in total. The van der Waals surface area contributed by atoms with E-state index in [2.05, 4.69) is 123 Å². The van der Waals surface area contributed by atoms with Crippen LogP contribution < -0.4 is 0 Å². The largest absolute Gasteiger partial charge is 0.457 e. The highest BCUT2D eigenvalue weighted by molar-refractivity contribution is 5.69. The monoisotopic (exact) mass is 789 g/mol. The van der Waals surface area contributed by atoms with Crippen molar-refractivity contribution in [2.24, 2.45) is 0 Å². The van der Waals surface area contributed by atoms with Gasteiger partial charge in [-0.2, -0.15) is 0 Å². The van der Waals surface area contributed by atoms with Gasteiger partial charge in [0.15, 0.2) is 0 Å². The average molecular weight is 789 g/mol. The van der Waals surface area contributed by atoms with Crippen LogP contribution in [0.25, 0.3) is 0 Å². The Hall–Kier alpha value is -2.95. The van der Waals surface area contributed by atoms with Gasteiger partial charge in [-0.05, 0) is 103 Å². The zero-order valence-electron chi connectivity index (χ0n) is 37.1. The molecular formula is C53H88O4. The smallest absolute Gasteiger partial charge is 0.306 e. The summed E-state index contributed by atoms with van der Waals surface area (Å²) in [6.45, 7) is 5.16. The molecule has 1 N–H and O–H groups in total. The molecular weight excluding hydrogens is 701 g/mol. The van der Waals surface area contributed by atoms with Gasteiger partial charge in [0.1, 0.15) is 6.10 Å². The predicted molar refractivity (Wildman–Crippen MR) is 251 cm³/mol. The molecule has 0 spiro atoms. The van der Waals surface area contributed by atoms with Gasteiger partial charge in [0.05, 0.1) is 13.2 Å². The summed E-state index contributed by atoms with van der Waals surface area (Å²) in [5.74, 6) is -0.232. The van der Waals surface area contributed by atoms with Gasteiger partial charge in [0, 0.05) is 13.0 Å². The fraction of sp³-hybridized carbons (Fsp3) is 0.642. The van der Waals surface area contributed by atoms with Crippen LogP contribution in [0.2, 0.25) is 0 Å². The van der Waals surface area contributed by atoms with Gasteiger partial charge in [-0.15, -0.1) is 0 Å². The number of aliphatic hydroxyl groups excluding tert-OH is 1. The van der Waals surface area contributed by atoms with Crippen molar-refractivity contribution in [3.05, 3.63) is 109 Å². The van der Waals surface area contributed by atoms with Gasteiger partial charge in [-0.3, -0.25) is 4.79 Å². The van der Waals surface area contributed by atoms with Crippen LogP contribution in [0.1, 0.15) is 194 Å². The van der Waals surface area contributed by atoms with Crippen molar-refractivity contribution in [3.8, 4) is 0 Å². The van der Waals surface area contributed by atoms with E-state index in [9.17, 15) is 9.90 Å². The maximum atomic E-state index is 12.2. The molecule has 0 aliphatic carbocycles. The Morgan fingerprint density at radius 3 is 1.19 bits per heavy atom. The van der Waals surface area contributed by atoms with Crippen LogP contribution in [0.5, 0.6) is 0 Å². The molecule has 0 aliphatic rings. The number of allylic oxidation sites excluding steroid dienone is 18. The summed E-state index contributed by atoms with van der Waals surface area (Å²) in [6, 6.07) is 0. The Morgan fingerprint density at radius 2 is 0.789 bits per heavy atom. The summed E-state index contributed by atoms with van der Waals surface area (Å²) >= 11 is 0. The molecule has 0 aliphatic heterocycles. The van der Waals surface area contributed by atoms with Crippen LogP contribution >= 0.6 is 0 Å². The molecule has 0 fully saturated rings. The van der Waals surface area contributed by atoms with Crippen LogP contribution in [0.4, 0.5) is 0 Å². The second kappa shape index (κ2) is 49.2. The number of hydrogen-bond acceptors (Lipinski definition) is 4. The van der Waals surface area contributed by atoms with E-state index in [1.54, 1.807) is 0 Å². The Kier molecular flexibility index (Phi) is 46.7. The highest BCUT2D eigenvalue weighted by Crippen LogP contribution is 2.11. The summed E-state index contributed by atoms with van der Waals surface area (Å²) in [6.07, 6.45) is 71.5. The maximum Gasteiger partial charge on any atom is 0.306 e. The molecule has 1 unspecified atom stereocenters. The normalized spacial score (nSPS) is 13.4. The summed E-state index contributed by atoms with van der Waals surface area (Å²) in [4.78, 5) is 12.2. The Bertz CT molecular complexity index is 1100. The van der Waals surface area contributed by atoms with Crippen molar-refractivity contribution in [3.63, 3.8) is 0 Å². The highest BCUT2D eigenvalue weighted by Gasteiger charge is 2.13. The van der Waals surface area contributed by atoms with Crippen molar-refractivity contribution in [1.82, 2.24) is 0 Å². The molecule has 0 aromatic carbocycles. The van der Waals surface area contributed by atoms with Gasteiger partial charge in [-0.25, -0.2) is 0 Å². The highest BCUT2D eigenvalue weighted by atomic mass is 16.6. The molecule has 0 saturated heterocycles. The lowest BCUT2D eigenvalue weighted by molar-refractivity contribution is -0.154. The minimum absolute atomic E-state index is 0.194. The first-order valence-corrected chi connectivity index (χ1v) is 23.5. The van der Waals surface area contributed by atoms with Gasteiger partial charge >= 0.3 is 5.97 Å². The number of ether oxygens (including phenoxy) is 2. The van der Waals surface area contributed by atoms with E-state index in [1.807, 2.05) is 0 Å². The van der Waals surface area contributed by atoms with E-state index >= 15 is 0 Å². The number of hydrogen-bond donors (Lipinski definition) is 1. The number of carbonyl (C=O) groups excluding carboxylic acids is 1. The third-order valence-electron chi connectivity index (χ3n) is 9.58. The fourth-order valence-electron chi connectivity index (χ4n) is 6.10. The molecule has 0 heterocycles. The Morgan fingerprint density at radius 1 is 0.439 bits per heavy atom. The number of rotatable bonds is 42. The van der Waals surface area contributed by atoms with E-state index in [1.165, 1.54) is 77.0 Å². The molecule has 1 atom stereocenters. The molecule has 57 heavy (non-hydrogen) atoms. The van der Waals surface area contributed by atoms with Gasteiger partial charge in [0.2, 0.25) is 0 Å². The van der Waals surface area contributed by atoms with E-state index in [-0.39, 0.29) is 19.2 Å². The van der Waals surface area contributed by atoms with Crippen molar-refractivity contribution >= 4 is 5.97 Å². The number of carbonyl (C=O) groups is 1. The van der Waals surface area contributed by atoms with Gasteiger partial charge < -0.3 is 14.6 Å². The lowest BCUT2D eigenvalue weighted by Crippen LogP contribution is -2.27. The zero-order chi connectivity index (χ0) is 41.2. The quantitative estimate of drug-likeness (QED) is 0.0380. The van der Waals surface area contributed by atoms with Crippen LogP contribution in [-0.2, 0) is 14.3 Å². The van der Waals surface area contributed by atoms with E-state index in [4.69, 9.17) is 9.47 Å². The van der Waals surface area contributed by atoms with Gasteiger partial charge in [-0.1, -0.05) is 194 Å². The SMILES string of the molecule is CC/C=C\C/C=C\C/C=C\C/C=C\C/C=C\C/C=C\CCCCCCC(=O)OC(CO)COCCCCCCCCC/C=C\C/C=C\C/C=C\CCCCCCC. The van der Waals surface area contributed by atoms with Crippen LogP contribution in [-0.4, -0.2) is 37.0 Å². The van der Waals surface area contributed by atoms with Crippen molar-refractivity contribution in [1.29, 1.82) is 0 Å². The van der Waals surface area contributed by atoms with Crippen molar-refractivity contribution < 1.29 is 19.4 Å². The molecule has 0 aromatic heterocycles. The second-order valence-corrected chi connectivity index (χ2v) is 15.1. The van der Waals surface area contributed by atoms with E-state index in [0.29, 0.717) is 13.0 Å². The summed E-state index contributed by atoms with van der Waals surface area (Å²) in [7, 11) is 0. The number of esters is 1. The predicted octanol–water partition coefficient (Wildman–Crippen LogP) is 15.9. The molecule has 0 radical (unpaired) electrons. The van der Waals surface area contributed by atoms with Gasteiger partial charge in [0.25, 0.3) is 0 Å². The average Bonchev–Trinajstić information content (AvgIpc) is 3.22. The molecule has 4 heteroatoms. The van der Waals surface area contributed by atoms with Crippen LogP contribution in [0.15, 0.2) is 109 Å². The minimum atomic E-state index is -0.562. The Labute approximate surface area is 353 Å². The summed E-state index contributed by atoms with van der Waals surface area (Å²) in [5.41, 5.74) is 0. The first-order valence-electron chi connectivity index (χ1n) is 23.5. The molecule has 324 valence electrons. The second-order valence-electron chi connectivity index (χ2n) is 15.1. The first kappa shape index (κ1) is 54.1. The summed E-state index contributed by atoms with van der Waals surface area (Å²) < 4.78 is 11.2. The third-order valence-corrected chi connectivity index (χ3v) is 9.58. The van der Waals surface area contributed by atoms with E-state index < -0.39 is 6.10 Å². The van der Waals surface area contributed by atoms with Crippen molar-refractivity contribution in [2.75, 3.05) is 19.8 Å². The Balaban J connectivity index is 3.57. The number of aliphatic hydroxyl groups is 1. The molecule has 0 amide bonds. The van der Waals surface area contributed by atoms with Crippen LogP contribution in [0, 0.1) is 0 Å². The fourth-order valence-corrected chi connectivity index (χ4v) is 6.10. The molecule has 0 saturated carbocycles. The lowest BCUT2D eigenvalue weighted by atomic mass is 10.1. The van der Waals surface area contributed by atoms with E-state index in [0.717, 1.165) is 96.3 Å². The number of unbranched alkanes of at least 4 members (excludes halogenated alkanes) is 16. The van der Waals surface area contributed by atoms with Crippen LogP contribution in [0.3, 0.4) is 0 Å². The lowest BCUT2D eigenvalue weighted by Gasteiger charge is -2.15. The summed E-state index contributed by atoms with van der Waals surface area (Å²) in [5, 5.41) is 9.63. The zero-order valence-corrected chi connectivity index (χ0v) is 37.1. The first-order chi connectivity index (χ1) is 28.2. The molecule has 0 bridgehead atoms. The topological polar surface area (TPSA) is 55.8 Å². The minimum Gasteiger partial charge on any atom is -0.457 e. The molecule has 0 aromatic rings. The van der Waals surface area contributed by atoms with Crippen molar-refractivity contribution in [2.45, 2.75) is 200 Å². The maximum absolute atomic E-state index is 12.2. The standard InChI is InChI=1S/C53H88O4/c1-3-5-7-9-11-13-15-17-19-21-23-25-27-28-30-32-34-36-38-40-42-44-46-48-53(55)57-52(50-54)51-56-49-47-45-43-41-39-37-35-33-31-29-26-24-22-20-18-16-14-12-10-8-6-4-2/h5,7,11,13,16-19,22-25,28-31,34,36,52,54H,3-4,6,8-10,12,14-15,20-21,26-27,32-33,35,37-51H2,1-2H3/b7-5-,13-11-,18-16-,19-17-,24-22-,25-23-,30-28-,31-29-,36-34-. The molecule has 0 rings (SSSR count). The third kappa shape index (κ3) is 47.3.